The fourth-order valence-corrected chi connectivity index (χ4v) is 6.86. The second-order valence-electron chi connectivity index (χ2n) is 10.2. The Bertz CT molecular complexity index is 781. The van der Waals surface area contributed by atoms with E-state index in [1.807, 2.05) is 12.1 Å². The number of carbonyl (C=O) groups is 2. The Morgan fingerprint density at radius 2 is 1.55 bits per heavy atom. The smallest absolute Gasteiger partial charge is 0.321 e. The molecule has 6 rings (SSSR count). The maximum Gasteiger partial charge on any atom is 0.321 e. The summed E-state index contributed by atoms with van der Waals surface area (Å²) >= 11 is 0. The summed E-state index contributed by atoms with van der Waals surface area (Å²) in [6, 6.07) is 7.77. The molecule has 31 heavy (non-hydrogen) atoms. The highest BCUT2D eigenvalue weighted by Gasteiger charge is 2.51. The van der Waals surface area contributed by atoms with Crippen LogP contribution in [-0.2, 0) is 4.79 Å². The Hall–Kier alpha value is -2.28. The van der Waals surface area contributed by atoms with Crippen LogP contribution in [0.25, 0.3) is 0 Å². The number of amides is 3. The van der Waals surface area contributed by atoms with Gasteiger partial charge in [0.25, 0.3) is 0 Å². The zero-order valence-corrected chi connectivity index (χ0v) is 18.4. The highest BCUT2D eigenvalue weighted by atomic mass is 16.5. The first kappa shape index (κ1) is 20.6. The van der Waals surface area contributed by atoms with Crippen molar-refractivity contribution in [2.24, 2.45) is 17.8 Å². The van der Waals surface area contributed by atoms with Crippen LogP contribution in [0.2, 0.25) is 0 Å². The lowest BCUT2D eigenvalue weighted by Crippen LogP contribution is -2.62. The van der Waals surface area contributed by atoms with Crippen molar-refractivity contribution in [3.8, 4) is 5.75 Å². The van der Waals surface area contributed by atoms with Gasteiger partial charge in [-0.05, 0) is 80.5 Å². The predicted molar refractivity (Wildman–Crippen MR) is 119 cm³/mol. The molecule has 4 saturated carbocycles. The maximum absolute atomic E-state index is 12.6. The van der Waals surface area contributed by atoms with E-state index in [-0.39, 0.29) is 24.0 Å². The van der Waals surface area contributed by atoms with E-state index in [1.54, 1.807) is 7.11 Å². The van der Waals surface area contributed by atoms with Crippen molar-refractivity contribution in [3.63, 3.8) is 0 Å². The number of benzene rings is 1. The van der Waals surface area contributed by atoms with E-state index in [1.165, 1.54) is 24.9 Å². The van der Waals surface area contributed by atoms with Gasteiger partial charge in [0.2, 0.25) is 5.91 Å². The van der Waals surface area contributed by atoms with Gasteiger partial charge in [0.15, 0.2) is 0 Å². The normalized spacial score (nSPS) is 32.0. The van der Waals surface area contributed by atoms with Gasteiger partial charge in [-0.2, -0.15) is 0 Å². The minimum absolute atomic E-state index is 0.0664. The van der Waals surface area contributed by atoms with Crippen molar-refractivity contribution in [3.05, 3.63) is 24.3 Å². The Labute approximate surface area is 184 Å². The number of anilines is 1. The summed E-state index contributed by atoms with van der Waals surface area (Å²) in [5.74, 6) is 2.95. The Balaban J connectivity index is 1.07. The topological polar surface area (TPSA) is 73.9 Å². The molecule has 0 aromatic heterocycles. The van der Waals surface area contributed by atoms with Crippen LogP contribution in [0.5, 0.6) is 5.75 Å². The third-order valence-corrected chi connectivity index (χ3v) is 7.85. The van der Waals surface area contributed by atoms with Gasteiger partial charge >= 0.3 is 6.03 Å². The average Bonchev–Trinajstić information content (AvgIpc) is 2.73. The largest absolute Gasteiger partial charge is 0.497 e. The number of hydrogen-bond donors (Lipinski definition) is 2. The van der Waals surface area contributed by atoms with Gasteiger partial charge in [0.1, 0.15) is 5.75 Å². The molecule has 2 N–H and O–H groups in total. The molecule has 1 aliphatic heterocycles. The minimum Gasteiger partial charge on any atom is -0.497 e. The fourth-order valence-electron chi connectivity index (χ4n) is 6.86. The van der Waals surface area contributed by atoms with Gasteiger partial charge < -0.3 is 15.0 Å². The minimum atomic E-state index is -0.302. The van der Waals surface area contributed by atoms with E-state index < -0.39 is 0 Å². The van der Waals surface area contributed by atoms with Gasteiger partial charge in [-0.15, -0.1) is 0 Å². The number of hydrogen-bond acceptors (Lipinski definition) is 5. The quantitative estimate of drug-likeness (QED) is 0.757. The molecule has 3 amide bonds. The first-order valence-electron chi connectivity index (χ1n) is 11.7. The standard InChI is InChI=1S/C24H34N4O3/c1-31-21-4-2-20(3-5-21)28-8-6-27(7-9-28)16-22(29)25-23(30)26-24-13-17-10-18(14-24)12-19(11-17)15-24/h2-5,17-19H,6-16H2,1H3,(H2,25,26,29,30). The molecule has 168 valence electrons. The molecule has 4 aliphatic carbocycles. The summed E-state index contributed by atoms with van der Waals surface area (Å²) in [5, 5.41) is 5.82. The number of ether oxygens (including phenoxy) is 1. The predicted octanol–water partition coefficient (Wildman–Crippen LogP) is 2.61. The molecule has 5 aliphatic rings. The van der Waals surface area contributed by atoms with Gasteiger partial charge in [0.05, 0.1) is 13.7 Å². The van der Waals surface area contributed by atoms with Gasteiger partial charge in [-0.3, -0.25) is 15.0 Å². The molecule has 7 heteroatoms. The second kappa shape index (κ2) is 8.34. The molecule has 1 aromatic carbocycles. The summed E-state index contributed by atoms with van der Waals surface area (Å²) in [6.45, 7) is 3.59. The van der Waals surface area contributed by atoms with E-state index in [0.29, 0.717) is 0 Å². The van der Waals surface area contributed by atoms with E-state index in [9.17, 15) is 9.59 Å². The first-order chi connectivity index (χ1) is 15.0. The highest BCUT2D eigenvalue weighted by molar-refractivity contribution is 5.95. The van der Waals surface area contributed by atoms with Gasteiger partial charge in [-0.1, -0.05) is 0 Å². The third kappa shape index (κ3) is 4.52. The van der Waals surface area contributed by atoms with E-state index in [4.69, 9.17) is 4.74 Å². The summed E-state index contributed by atoms with van der Waals surface area (Å²) in [4.78, 5) is 29.5. The van der Waals surface area contributed by atoms with Crippen LogP contribution in [0.3, 0.4) is 0 Å². The zero-order chi connectivity index (χ0) is 21.4. The van der Waals surface area contributed by atoms with Crippen LogP contribution in [-0.4, -0.2) is 62.2 Å². The number of carbonyl (C=O) groups excluding carboxylic acids is 2. The fraction of sp³-hybridized carbons (Fsp3) is 0.667. The van der Waals surface area contributed by atoms with Crippen LogP contribution < -0.4 is 20.3 Å². The van der Waals surface area contributed by atoms with Crippen molar-refractivity contribution < 1.29 is 14.3 Å². The van der Waals surface area contributed by atoms with Crippen molar-refractivity contribution in [2.75, 3.05) is 44.7 Å². The monoisotopic (exact) mass is 426 g/mol. The average molecular weight is 427 g/mol. The number of rotatable bonds is 5. The van der Waals surface area contributed by atoms with Crippen molar-refractivity contribution in [1.29, 1.82) is 0 Å². The van der Waals surface area contributed by atoms with Crippen molar-refractivity contribution in [2.45, 2.75) is 44.1 Å². The van der Waals surface area contributed by atoms with E-state index >= 15 is 0 Å². The van der Waals surface area contributed by atoms with Crippen LogP contribution in [0.15, 0.2) is 24.3 Å². The van der Waals surface area contributed by atoms with Gasteiger partial charge in [-0.25, -0.2) is 4.79 Å². The van der Waals surface area contributed by atoms with Crippen LogP contribution in [0.4, 0.5) is 10.5 Å². The maximum atomic E-state index is 12.6. The molecular formula is C24H34N4O3. The lowest BCUT2D eigenvalue weighted by atomic mass is 9.53. The number of urea groups is 1. The first-order valence-corrected chi connectivity index (χ1v) is 11.7. The van der Waals surface area contributed by atoms with Crippen LogP contribution in [0, 0.1) is 17.8 Å². The van der Waals surface area contributed by atoms with Crippen LogP contribution in [0.1, 0.15) is 38.5 Å². The number of nitrogens with zero attached hydrogens (tertiary/aromatic N) is 2. The molecule has 1 heterocycles. The highest BCUT2D eigenvalue weighted by Crippen LogP contribution is 2.55. The zero-order valence-electron chi connectivity index (χ0n) is 18.4. The Morgan fingerprint density at radius 3 is 2.10 bits per heavy atom. The van der Waals surface area contributed by atoms with Crippen molar-refractivity contribution >= 4 is 17.6 Å². The SMILES string of the molecule is COc1ccc(N2CCN(CC(=O)NC(=O)NC34CC5CC(CC(C5)C3)C4)CC2)cc1. The molecule has 5 fully saturated rings. The summed E-state index contributed by atoms with van der Waals surface area (Å²) < 4.78 is 5.22. The lowest BCUT2D eigenvalue weighted by molar-refractivity contribution is -0.121. The number of nitrogens with one attached hydrogen (secondary N) is 2. The van der Waals surface area contributed by atoms with Crippen LogP contribution >= 0.6 is 0 Å². The molecule has 0 spiro atoms. The second-order valence-corrected chi connectivity index (χ2v) is 10.2. The Morgan fingerprint density at radius 1 is 0.968 bits per heavy atom. The molecule has 0 unspecified atom stereocenters. The number of imide groups is 1. The molecule has 0 atom stereocenters. The molecule has 0 radical (unpaired) electrons. The Kier molecular flexibility index (Phi) is 5.54. The molecule has 1 aromatic rings. The summed E-state index contributed by atoms with van der Waals surface area (Å²) in [6.07, 6.45) is 7.29. The van der Waals surface area contributed by atoms with E-state index in [2.05, 4.69) is 32.6 Å². The molecule has 4 bridgehead atoms. The molecular weight excluding hydrogens is 392 g/mol. The molecule has 1 saturated heterocycles. The number of piperazine rings is 1. The molecule has 7 nitrogen and oxygen atoms in total. The lowest BCUT2D eigenvalue weighted by Gasteiger charge is -2.56. The third-order valence-electron chi connectivity index (χ3n) is 7.85. The summed E-state index contributed by atoms with van der Waals surface area (Å²) in [7, 11) is 1.67. The summed E-state index contributed by atoms with van der Waals surface area (Å²) in [5.41, 5.74) is 1.10. The number of methoxy groups -OCH3 is 1. The van der Waals surface area contributed by atoms with Gasteiger partial charge in [0, 0.05) is 37.4 Å². The van der Waals surface area contributed by atoms with Crippen molar-refractivity contribution in [1.82, 2.24) is 15.5 Å². The van der Waals surface area contributed by atoms with E-state index in [0.717, 1.165) is 68.9 Å².